The van der Waals surface area contributed by atoms with Gasteiger partial charge in [-0.2, -0.15) is 0 Å². The molecule has 20 heavy (non-hydrogen) atoms. The van der Waals surface area contributed by atoms with Crippen molar-refractivity contribution in [1.82, 2.24) is 5.32 Å². The van der Waals surface area contributed by atoms with E-state index in [-0.39, 0.29) is 19.1 Å². The van der Waals surface area contributed by atoms with Crippen molar-refractivity contribution in [2.75, 3.05) is 13.7 Å². The number of hydrogen-bond acceptors (Lipinski definition) is 4. The van der Waals surface area contributed by atoms with Crippen LogP contribution in [0.3, 0.4) is 0 Å². The van der Waals surface area contributed by atoms with Gasteiger partial charge >= 0.3 is 0 Å². The highest BCUT2D eigenvalue weighted by Gasteiger charge is 2.17. The van der Waals surface area contributed by atoms with Gasteiger partial charge in [0.25, 0.3) is 5.91 Å². The molecule has 0 aromatic heterocycles. The Kier molecular flexibility index (Phi) is 5.24. The Morgan fingerprint density at radius 2 is 2.10 bits per heavy atom. The first-order valence-electron chi connectivity index (χ1n) is 6.93. The smallest absolute Gasteiger partial charge is 0.258 e. The van der Waals surface area contributed by atoms with E-state index in [1.807, 2.05) is 0 Å². The van der Waals surface area contributed by atoms with E-state index in [0.29, 0.717) is 17.5 Å². The molecule has 1 fully saturated rings. The summed E-state index contributed by atoms with van der Waals surface area (Å²) in [6.07, 6.45) is 4.48. The van der Waals surface area contributed by atoms with Gasteiger partial charge in [0.1, 0.15) is 0 Å². The lowest BCUT2D eigenvalue weighted by atomic mass is 10.2. The molecule has 0 radical (unpaired) electrons. The van der Waals surface area contributed by atoms with Crippen molar-refractivity contribution in [3.63, 3.8) is 0 Å². The van der Waals surface area contributed by atoms with Gasteiger partial charge in [-0.3, -0.25) is 4.79 Å². The fourth-order valence-electron chi connectivity index (χ4n) is 2.41. The van der Waals surface area contributed by atoms with Crippen molar-refractivity contribution in [1.29, 1.82) is 0 Å². The summed E-state index contributed by atoms with van der Waals surface area (Å²) < 4.78 is 10.7. The molecular weight excluding hydrogens is 258 g/mol. The molecule has 0 atom stereocenters. The maximum atomic E-state index is 11.8. The number of methoxy groups -OCH3 is 1. The number of nitrogens with one attached hydrogen (secondary N) is 1. The molecule has 0 spiro atoms. The second-order valence-corrected chi connectivity index (χ2v) is 4.98. The number of aliphatic hydroxyl groups excluding tert-OH is 1. The highest BCUT2D eigenvalue weighted by atomic mass is 16.5. The first-order valence-corrected chi connectivity index (χ1v) is 6.93. The third kappa shape index (κ3) is 3.87. The van der Waals surface area contributed by atoms with E-state index in [2.05, 4.69) is 5.32 Å². The number of amides is 1. The normalized spacial score (nSPS) is 15.1. The summed E-state index contributed by atoms with van der Waals surface area (Å²) in [6, 6.07) is 5.44. The molecule has 0 heterocycles. The lowest BCUT2D eigenvalue weighted by Crippen LogP contribution is -2.36. The average Bonchev–Trinajstić information content (AvgIpc) is 2.97. The Balaban J connectivity index is 1.87. The Labute approximate surface area is 118 Å². The lowest BCUT2D eigenvalue weighted by molar-refractivity contribution is -0.123. The zero-order valence-corrected chi connectivity index (χ0v) is 11.7. The Bertz CT molecular complexity index is 455. The highest BCUT2D eigenvalue weighted by Crippen LogP contribution is 2.28. The predicted molar refractivity (Wildman–Crippen MR) is 74.8 cm³/mol. The van der Waals surface area contributed by atoms with Gasteiger partial charge in [-0.1, -0.05) is 18.9 Å². The van der Waals surface area contributed by atoms with Crippen molar-refractivity contribution in [3.05, 3.63) is 23.8 Å². The van der Waals surface area contributed by atoms with E-state index in [4.69, 9.17) is 14.6 Å². The predicted octanol–water partition coefficient (Wildman–Crippen LogP) is 1.63. The highest BCUT2D eigenvalue weighted by molar-refractivity contribution is 5.78. The van der Waals surface area contributed by atoms with Crippen molar-refractivity contribution in [2.24, 2.45) is 0 Å². The number of aliphatic hydroxyl groups is 1. The lowest BCUT2D eigenvalue weighted by Gasteiger charge is -2.14. The summed E-state index contributed by atoms with van der Waals surface area (Å²) >= 11 is 0. The molecule has 1 aromatic rings. The van der Waals surface area contributed by atoms with Gasteiger partial charge in [-0.15, -0.1) is 0 Å². The van der Waals surface area contributed by atoms with Crippen molar-refractivity contribution in [3.8, 4) is 11.5 Å². The van der Waals surface area contributed by atoms with Crippen molar-refractivity contribution in [2.45, 2.75) is 38.3 Å². The molecule has 5 nitrogen and oxygen atoms in total. The van der Waals surface area contributed by atoms with Crippen LogP contribution in [0.2, 0.25) is 0 Å². The maximum absolute atomic E-state index is 11.8. The van der Waals surface area contributed by atoms with Gasteiger partial charge in [0.15, 0.2) is 18.1 Å². The molecule has 0 aliphatic heterocycles. The van der Waals surface area contributed by atoms with Crippen LogP contribution in [0.1, 0.15) is 31.2 Å². The Morgan fingerprint density at radius 1 is 1.35 bits per heavy atom. The Hall–Kier alpha value is -1.75. The van der Waals surface area contributed by atoms with Crippen LogP contribution in [0, 0.1) is 0 Å². The number of carbonyl (C=O) groups excluding carboxylic acids is 1. The minimum atomic E-state index is -0.106. The summed E-state index contributed by atoms with van der Waals surface area (Å²) in [5.74, 6) is 0.918. The summed E-state index contributed by atoms with van der Waals surface area (Å²) in [6.45, 7) is -0.0792. The van der Waals surface area contributed by atoms with Crippen molar-refractivity contribution < 1.29 is 19.4 Å². The van der Waals surface area contributed by atoms with E-state index in [9.17, 15) is 4.79 Å². The van der Waals surface area contributed by atoms with Gasteiger partial charge in [-0.25, -0.2) is 0 Å². The SMILES string of the molecule is COc1cc(CO)ccc1OCC(=O)NC1CCCC1. The second-order valence-electron chi connectivity index (χ2n) is 4.98. The van der Waals surface area contributed by atoms with Crippen LogP contribution in [0.5, 0.6) is 11.5 Å². The average molecular weight is 279 g/mol. The largest absolute Gasteiger partial charge is 0.493 e. The van der Waals surface area contributed by atoms with Gasteiger partial charge in [-0.05, 0) is 30.5 Å². The molecule has 1 saturated carbocycles. The van der Waals surface area contributed by atoms with Crippen LogP contribution >= 0.6 is 0 Å². The molecule has 0 bridgehead atoms. The minimum absolute atomic E-state index is 0.0225. The molecular formula is C15H21NO4. The molecule has 2 N–H and O–H groups in total. The standard InChI is InChI=1S/C15H21NO4/c1-19-14-8-11(9-17)6-7-13(14)20-10-15(18)16-12-4-2-3-5-12/h6-8,12,17H,2-5,9-10H2,1H3,(H,16,18). The zero-order chi connectivity index (χ0) is 14.4. The maximum Gasteiger partial charge on any atom is 0.258 e. The van der Waals surface area contributed by atoms with E-state index in [1.165, 1.54) is 20.0 Å². The fraction of sp³-hybridized carbons (Fsp3) is 0.533. The topological polar surface area (TPSA) is 67.8 Å². The van der Waals surface area contributed by atoms with E-state index >= 15 is 0 Å². The molecule has 0 saturated heterocycles. The van der Waals surface area contributed by atoms with Gasteiger partial charge in [0.2, 0.25) is 0 Å². The second kappa shape index (κ2) is 7.14. The first kappa shape index (κ1) is 14.7. The molecule has 2 rings (SSSR count). The number of hydrogen-bond donors (Lipinski definition) is 2. The van der Waals surface area contributed by atoms with Crippen LogP contribution in [-0.4, -0.2) is 30.8 Å². The molecule has 1 aliphatic carbocycles. The first-order chi connectivity index (χ1) is 9.72. The third-order valence-corrected chi connectivity index (χ3v) is 3.49. The molecule has 1 aliphatic rings. The monoisotopic (exact) mass is 279 g/mol. The molecule has 1 aromatic carbocycles. The van der Waals surface area contributed by atoms with Gasteiger partial charge in [0.05, 0.1) is 13.7 Å². The zero-order valence-electron chi connectivity index (χ0n) is 11.7. The number of carbonyl (C=O) groups is 1. The Morgan fingerprint density at radius 3 is 2.75 bits per heavy atom. The molecule has 5 heteroatoms. The van der Waals surface area contributed by atoms with Crippen LogP contribution in [0.15, 0.2) is 18.2 Å². The minimum Gasteiger partial charge on any atom is -0.493 e. The van der Waals surface area contributed by atoms with Crippen molar-refractivity contribution >= 4 is 5.91 Å². The van der Waals surface area contributed by atoms with Crippen LogP contribution in [0.4, 0.5) is 0 Å². The number of benzene rings is 1. The fourth-order valence-corrected chi connectivity index (χ4v) is 2.41. The third-order valence-electron chi connectivity index (χ3n) is 3.49. The summed E-state index contributed by atoms with van der Waals surface area (Å²) in [7, 11) is 1.53. The van der Waals surface area contributed by atoms with Crippen LogP contribution in [-0.2, 0) is 11.4 Å². The summed E-state index contributed by atoms with van der Waals surface area (Å²) in [5, 5.41) is 12.0. The van der Waals surface area contributed by atoms with E-state index in [1.54, 1.807) is 18.2 Å². The van der Waals surface area contributed by atoms with Crippen LogP contribution in [0.25, 0.3) is 0 Å². The van der Waals surface area contributed by atoms with Crippen LogP contribution < -0.4 is 14.8 Å². The van der Waals surface area contributed by atoms with E-state index in [0.717, 1.165) is 18.4 Å². The number of ether oxygens (including phenoxy) is 2. The molecule has 1 amide bonds. The number of rotatable bonds is 6. The molecule has 110 valence electrons. The quantitative estimate of drug-likeness (QED) is 0.830. The molecule has 0 unspecified atom stereocenters. The van der Waals surface area contributed by atoms with Gasteiger partial charge in [0, 0.05) is 6.04 Å². The summed E-state index contributed by atoms with van der Waals surface area (Å²) in [5.41, 5.74) is 0.740. The van der Waals surface area contributed by atoms with Gasteiger partial charge < -0.3 is 19.9 Å². The summed E-state index contributed by atoms with van der Waals surface area (Å²) in [4.78, 5) is 11.8. The van der Waals surface area contributed by atoms with E-state index < -0.39 is 0 Å².